The summed E-state index contributed by atoms with van der Waals surface area (Å²) in [5.74, 6) is 0. The van der Waals surface area contributed by atoms with Crippen LogP contribution in [0.3, 0.4) is 0 Å². The third kappa shape index (κ3) is 1.76. The third-order valence-electron chi connectivity index (χ3n) is 6.20. The first-order valence-corrected chi connectivity index (χ1v) is 8.94. The van der Waals surface area contributed by atoms with Gasteiger partial charge in [-0.2, -0.15) is 4.91 Å². The topological polar surface area (TPSA) is 32.7 Å². The second-order valence-electron chi connectivity index (χ2n) is 7.42. The standard InChI is InChI=1S/C20H22N2O/c1-12-10-16-15-5-3-9-22-8-2-4-13(20(15)22)11-17(16)19-14(12)6-7-18(19)21-23/h11,18H,1-10H2. The van der Waals surface area contributed by atoms with Crippen LogP contribution in [0.4, 0.5) is 5.69 Å². The normalized spacial score (nSPS) is 25.1. The molecule has 3 nitrogen and oxygen atoms in total. The fourth-order valence-electron chi connectivity index (χ4n) is 5.26. The zero-order chi connectivity index (χ0) is 15.6. The van der Waals surface area contributed by atoms with Crippen LogP contribution in [-0.2, 0) is 19.3 Å². The van der Waals surface area contributed by atoms with Gasteiger partial charge in [0.25, 0.3) is 0 Å². The molecule has 23 heavy (non-hydrogen) atoms. The summed E-state index contributed by atoms with van der Waals surface area (Å²) in [6.07, 6.45) is 7.66. The van der Waals surface area contributed by atoms with Crippen LogP contribution in [-0.4, -0.2) is 19.1 Å². The van der Waals surface area contributed by atoms with E-state index < -0.39 is 0 Å². The Morgan fingerprint density at radius 2 is 1.96 bits per heavy atom. The molecule has 0 saturated carbocycles. The smallest absolute Gasteiger partial charge is 0.118 e. The Balaban J connectivity index is 1.79. The lowest BCUT2D eigenvalue weighted by atomic mass is 9.76. The molecule has 0 spiro atoms. The minimum absolute atomic E-state index is 0.158. The molecule has 3 heteroatoms. The highest BCUT2D eigenvalue weighted by Crippen LogP contribution is 2.49. The number of nitroso groups, excluding NO2 is 1. The van der Waals surface area contributed by atoms with Crippen LogP contribution < -0.4 is 4.90 Å². The number of fused-ring (bicyclic) bond motifs is 3. The van der Waals surface area contributed by atoms with Crippen LogP contribution in [0.25, 0.3) is 5.57 Å². The molecule has 2 heterocycles. The molecule has 1 aromatic carbocycles. The molecule has 0 N–H and O–H groups in total. The molecule has 1 unspecified atom stereocenters. The van der Waals surface area contributed by atoms with Gasteiger partial charge < -0.3 is 4.90 Å². The first kappa shape index (κ1) is 13.5. The maximum absolute atomic E-state index is 11.4. The average molecular weight is 306 g/mol. The highest BCUT2D eigenvalue weighted by atomic mass is 16.3. The predicted molar refractivity (Wildman–Crippen MR) is 93.9 cm³/mol. The van der Waals surface area contributed by atoms with Gasteiger partial charge in [-0.25, -0.2) is 0 Å². The maximum atomic E-state index is 11.4. The Hall–Kier alpha value is -1.90. The molecule has 5 rings (SSSR count). The number of anilines is 1. The van der Waals surface area contributed by atoms with Crippen molar-refractivity contribution in [2.45, 2.75) is 51.0 Å². The molecule has 118 valence electrons. The van der Waals surface area contributed by atoms with Gasteiger partial charge in [0, 0.05) is 18.8 Å². The number of hydrogen-bond acceptors (Lipinski definition) is 3. The van der Waals surface area contributed by atoms with Gasteiger partial charge in [0.15, 0.2) is 0 Å². The minimum Gasteiger partial charge on any atom is -0.371 e. The van der Waals surface area contributed by atoms with Crippen LogP contribution in [0, 0.1) is 4.91 Å². The van der Waals surface area contributed by atoms with E-state index in [0.717, 1.165) is 19.3 Å². The van der Waals surface area contributed by atoms with E-state index >= 15 is 0 Å². The molecule has 2 aliphatic carbocycles. The summed E-state index contributed by atoms with van der Waals surface area (Å²) in [6, 6.07) is 2.24. The van der Waals surface area contributed by atoms with Crippen molar-refractivity contribution in [1.29, 1.82) is 0 Å². The number of allylic oxidation sites excluding steroid dienone is 2. The first-order valence-electron chi connectivity index (χ1n) is 8.94. The minimum atomic E-state index is -0.158. The Morgan fingerprint density at radius 1 is 1.13 bits per heavy atom. The lowest BCUT2D eigenvalue weighted by Gasteiger charge is -2.40. The van der Waals surface area contributed by atoms with E-state index in [1.807, 2.05) is 0 Å². The van der Waals surface area contributed by atoms with Crippen molar-refractivity contribution in [2.75, 3.05) is 18.0 Å². The monoisotopic (exact) mass is 306 g/mol. The molecule has 4 aliphatic rings. The van der Waals surface area contributed by atoms with Crippen LogP contribution in [0.2, 0.25) is 0 Å². The zero-order valence-electron chi connectivity index (χ0n) is 13.5. The van der Waals surface area contributed by atoms with Crippen LogP contribution in [0.15, 0.2) is 29.0 Å². The van der Waals surface area contributed by atoms with Crippen LogP contribution in [0.1, 0.15) is 47.9 Å². The zero-order valence-corrected chi connectivity index (χ0v) is 13.5. The van der Waals surface area contributed by atoms with Crippen molar-refractivity contribution in [3.63, 3.8) is 0 Å². The lowest BCUT2D eigenvalue weighted by molar-refractivity contribution is 0.630. The van der Waals surface area contributed by atoms with E-state index in [4.69, 9.17) is 0 Å². The molecule has 1 aromatic rings. The predicted octanol–water partition coefficient (Wildman–Crippen LogP) is 4.18. The van der Waals surface area contributed by atoms with Gasteiger partial charge in [-0.05, 0) is 90.0 Å². The van der Waals surface area contributed by atoms with E-state index in [2.05, 4.69) is 22.7 Å². The number of rotatable bonds is 1. The van der Waals surface area contributed by atoms with E-state index in [9.17, 15) is 4.91 Å². The highest BCUT2D eigenvalue weighted by molar-refractivity contribution is 5.86. The number of aryl methyl sites for hydroxylation is 1. The molecule has 0 amide bonds. The van der Waals surface area contributed by atoms with Crippen LogP contribution >= 0.6 is 0 Å². The van der Waals surface area contributed by atoms with Gasteiger partial charge in [0.2, 0.25) is 0 Å². The van der Waals surface area contributed by atoms with Crippen molar-refractivity contribution >= 4 is 11.3 Å². The number of benzene rings is 1. The molecule has 0 aromatic heterocycles. The van der Waals surface area contributed by atoms with Crippen molar-refractivity contribution in [3.05, 3.63) is 51.0 Å². The second kappa shape index (κ2) is 4.80. The van der Waals surface area contributed by atoms with E-state index in [1.54, 1.807) is 5.56 Å². The fourth-order valence-corrected chi connectivity index (χ4v) is 5.26. The van der Waals surface area contributed by atoms with Crippen molar-refractivity contribution < 1.29 is 0 Å². The Bertz CT molecular complexity index is 772. The van der Waals surface area contributed by atoms with Gasteiger partial charge in [-0.3, -0.25) is 0 Å². The molecule has 1 atom stereocenters. The van der Waals surface area contributed by atoms with Gasteiger partial charge in [0.05, 0.1) is 0 Å². The average Bonchev–Trinajstić information content (AvgIpc) is 3.01. The summed E-state index contributed by atoms with van der Waals surface area (Å²) in [5, 5.41) is 3.44. The Morgan fingerprint density at radius 3 is 2.78 bits per heavy atom. The van der Waals surface area contributed by atoms with E-state index in [1.165, 1.54) is 77.9 Å². The molecule has 0 bridgehead atoms. The Kier molecular flexibility index (Phi) is 2.82. The molecule has 0 fully saturated rings. The lowest BCUT2D eigenvalue weighted by Crippen LogP contribution is -2.35. The first-order chi connectivity index (χ1) is 11.3. The van der Waals surface area contributed by atoms with Gasteiger partial charge >= 0.3 is 0 Å². The molecule has 2 aliphatic heterocycles. The summed E-state index contributed by atoms with van der Waals surface area (Å²) in [5.41, 5.74) is 11.1. The van der Waals surface area contributed by atoms with Crippen LogP contribution in [0.5, 0.6) is 0 Å². The van der Waals surface area contributed by atoms with Crippen molar-refractivity contribution in [2.24, 2.45) is 5.18 Å². The summed E-state index contributed by atoms with van der Waals surface area (Å²) in [6.45, 7) is 6.73. The van der Waals surface area contributed by atoms with Crippen molar-refractivity contribution in [3.8, 4) is 0 Å². The second-order valence-corrected chi connectivity index (χ2v) is 7.42. The van der Waals surface area contributed by atoms with Gasteiger partial charge in [0.1, 0.15) is 6.04 Å². The van der Waals surface area contributed by atoms with E-state index in [-0.39, 0.29) is 6.04 Å². The third-order valence-corrected chi connectivity index (χ3v) is 6.20. The molecule has 0 radical (unpaired) electrons. The summed E-state index contributed by atoms with van der Waals surface area (Å²) in [7, 11) is 0. The van der Waals surface area contributed by atoms with E-state index in [0.29, 0.717) is 0 Å². The summed E-state index contributed by atoms with van der Waals surface area (Å²) < 4.78 is 0. The molecular formula is C20H22N2O. The summed E-state index contributed by atoms with van der Waals surface area (Å²) in [4.78, 5) is 14.0. The number of hydrogen-bond donors (Lipinski definition) is 0. The fraction of sp³-hybridized carbons (Fsp3) is 0.500. The number of nitrogens with zero attached hydrogens (tertiary/aromatic N) is 2. The van der Waals surface area contributed by atoms with Gasteiger partial charge in [-0.15, -0.1) is 0 Å². The molecular weight excluding hydrogens is 284 g/mol. The molecule has 0 saturated heterocycles. The summed E-state index contributed by atoms with van der Waals surface area (Å²) >= 11 is 0. The maximum Gasteiger partial charge on any atom is 0.118 e. The SMILES string of the molecule is C=C1Cc2c(cc3c4c2CCCN4CCC3)C2=C1CCC2N=O. The largest absolute Gasteiger partial charge is 0.371 e. The highest BCUT2D eigenvalue weighted by Gasteiger charge is 2.37. The van der Waals surface area contributed by atoms with Crippen molar-refractivity contribution in [1.82, 2.24) is 0 Å². The Labute approximate surface area is 137 Å². The quantitative estimate of drug-likeness (QED) is 0.729. The van der Waals surface area contributed by atoms with Gasteiger partial charge in [-0.1, -0.05) is 11.8 Å².